The van der Waals surface area contributed by atoms with Crippen LogP contribution in [0.2, 0.25) is 0 Å². The average molecular weight is 173 g/mol. The van der Waals surface area contributed by atoms with Crippen LogP contribution >= 0.6 is 0 Å². The van der Waals surface area contributed by atoms with Gasteiger partial charge in [0.15, 0.2) is 0 Å². The Morgan fingerprint density at radius 1 is 1.17 bits per heavy atom. The first-order valence-corrected chi connectivity index (χ1v) is 4.81. The van der Waals surface area contributed by atoms with Crippen LogP contribution in [-0.2, 0) is 4.74 Å². The van der Waals surface area contributed by atoms with Gasteiger partial charge >= 0.3 is 0 Å². The van der Waals surface area contributed by atoms with E-state index >= 15 is 0 Å². The summed E-state index contributed by atoms with van der Waals surface area (Å²) in [5.41, 5.74) is 0. The smallest absolute Gasteiger partial charge is 0.0616 e. The highest BCUT2D eigenvalue weighted by Crippen LogP contribution is 2.05. The van der Waals surface area contributed by atoms with Crippen molar-refractivity contribution < 1.29 is 4.74 Å². The average Bonchev–Trinajstić information content (AvgIpc) is 1.84. The van der Waals surface area contributed by atoms with Crippen LogP contribution in [0, 0.1) is 5.92 Å². The first-order chi connectivity index (χ1) is 5.56. The molecule has 0 saturated heterocycles. The highest BCUT2D eigenvalue weighted by atomic mass is 16.5. The molecule has 2 heteroatoms. The van der Waals surface area contributed by atoms with Crippen LogP contribution in [-0.4, -0.2) is 25.8 Å². The minimum Gasteiger partial charge on any atom is -0.383 e. The Kier molecular flexibility index (Phi) is 6.39. The summed E-state index contributed by atoms with van der Waals surface area (Å²) < 4.78 is 5.14. The molecule has 0 aromatic heterocycles. The Hall–Kier alpha value is -0.0800. The fourth-order valence-corrected chi connectivity index (χ4v) is 1.43. The van der Waals surface area contributed by atoms with Gasteiger partial charge in [0.05, 0.1) is 6.61 Å². The van der Waals surface area contributed by atoms with Crippen LogP contribution in [0.3, 0.4) is 0 Å². The molecule has 1 N–H and O–H groups in total. The topological polar surface area (TPSA) is 21.3 Å². The van der Waals surface area contributed by atoms with Gasteiger partial charge in [0.2, 0.25) is 0 Å². The molecule has 1 atom stereocenters. The first kappa shape index (κ1) is 11.9. The second-order valence-corrected chi connectivity index (χ2v) is 4.10. The van der Waals surface area contributed by atoms with Gasteiger partial charge in [0.1, 0.15) is 0 Å². The molecule has 12 heavy (non-hydrogen) atoms. The minimum atomic E-state index is 0.509. The Morgan fingerprint density at radius 3 is 2.08 bits per heavy atom. The van der Waals surface area contributed by atoms with E-state index in [0.717, 1.165) is 12.5 Å². The van der Waals surface area contributed by atoms with Gasteiger partial charge in [-0.3, -0.25) is 0 Å². The fraction of sp³-hybridized carbons (Fsp3) is 1.00. The third kappa shape index (κ3) is 6.62. The second-order valence-electron chi connectivity index (χ2n) is 4.10. The second kappa shape index (κ2) is 6.44. The summed E-state index contributed by atoms with van der Waals surface area (Å²) in [7, 11) is 1.76. The maximum atomic E-state index is 5.14. The van der Waals surface area contributed by atoms with Gasteiger partial charge in [-0.15, -0.1) is 0 Å². The number of ether oxygens (including phenoxy) is 1. The van der Waals surface area contributed by atoms with Crippen LogP contribution in [0.5, 0.6) is 0 Å². The van der Waals surface area contributed by atoms with E-state index in [1.165, 1.54) is 6.42 Å². The van der Waals surface area contributed by atoms with Crippen molar-refractivity contribution in [2.75, 3.05) is 13.7 Å². The van der Waals surface area contributed by atoms with Gasteiger partial charge in [-0.2, -0.15) is 0 Å². The summed E-state index contributed by atoms with van der Waals surface area (Å²) in [6.07, 6.45) is 1.19. The van der Waals surface area contributed by atoms with E-state index in [1.54, 1.807) is 7.11 Å². The molecule has 0 aromatic rings. The first-order valence-electron chi connectivity index (χ1n) is 4.81. The highest BCUT2D eigenvalue weighted by molar-refractivity contribution is 4.69. The van der Waals surface area contributed by atoms with Gasteiger partial charge in [-0.1, -0.05) is 27.7 Å². The van der Waals surface area contributed by atoms with Crippen molar-refractivity contribution in [3.05, 3.63) is 0 Å². The number of methoxy groups -OCH3 is 1. The Bertz CT molecular complexity index is 92.0. The van der Waals surface area contributed by atoms with E-state index in [-0.39, 0.29) is 0 Å². The van der Waals surface area contributed by atoms with Crippen molar-refractivity contribution in [2.24, 2.45) is 5.92 Å². The molecule has 0 amide bonds. The summed E-state index contributed by atoms with van der Waals surface area (Å²) in [4.78, 5) is 0. The maximum absolute atomic E-state index is 5.14. The molecule has 0 saturated carbocycles. The van der Waals surface area contributed by atoms with E-state index in [4.69, 9.17) is 4.74 Å². The number of nitrogens with one attached hydrogen (secondary N) is 1. The lowest BCUT2D eigenvalue weighted by Crippen LogP contribution is -2.38. The summed E-state index contributed by atoms with van der Waals surface area (Å²) >= 11 is 0. The lowest BCUT2D eigenvalue weighted by molar-refractivity contribution is 0.152. The van der Waals surface area contributed by atoms with Crippen LogP contribution in [0.15, 0.2) is 0 Å². The van der Waals surface area contributed by atoms with Gasteiger partial charge in [0, 0.05) is 19.2 Å². The van der Waals surface area contributed by atoms with E-state index in [0.29, 0.717) is 12.1 Å². The predicted octanol–water partition coefficient (Wildman–Crippen LogP) is 2.05. The lowest BCUT2D eigenvalue weighted by atomic mass is 10.0. The van der Waals surface area contributed by atoms with Crippen molar-refractivity contribution in [1.29, 1.82) is 0 Å². The van der Waals surface area contributed by atoms with E-state index < -0.39 is 0 Å². The van der Waals surface area contributed by atoms with Crippen LogP contribution in [0.1, 0.15) is 34.1 Å². The van der Waals surface area contributed by atoms with Crippen LogP contribution in [0.4, 0.5) is 0 Å². The molecule has 0 bridgehead atoms. The Labute approximate surface area is 76.7 Å². The van der Waals surface area contributed by atoms with E-state index in [1.807, 2.05) is 0 Å². The molecule has 74 valence electrons. The monoisotopic (exact) mass is 173 g/mol. The standard InChI is InChI=1S/C10H23NO/c1-8(2)6-10(7-12-5)11-9(3)4/h8-11H,6-7H2,1-5H3/t10-/m0/s1. The summed E-state index contributed by atoms with van der Waals surface area (Å²) in [6, 6.07) is 1.05. The van der Waals surface area contributed by atoms with Crippen molar-refractivity contribution >= 4 is 0 Å². The van der Waals surface area contributed by atoms with E-state index in [9.17, 15) is 0 Å². The van der Waals surface area contributed by atoms with Gasteiger partial charge in [-0.25, -0.2) is 0 Å². The highest BCUT2D eigenvalue weighted by Gasteiger charge is 2.10. The van der Waals surface area contributed by atoms with Crippen molar-refractivity contribution in [2.45, 2.75) is 46.2 Å². The molecule has 0 rings (SSSR count). The molecule has 0 heterocycles. The summed E-state index contributed by atoms with van der Waals surface area (Å²) in [6.45, 7) is 9.64. The quantitative estimate of drug-likeness (QED) is 0.663. The fourth-order valence-electron chi connectivity index (χ4n) is 1.43. The van der Waals surface area contributed by atoms with Gasteiger partial charge < -0.3 is 10.1 Å². The predicted molar refractivity (Wildman–Crippen MR) is 53.4 cm³/mol. The number of rotatable bonds is 6. The minimum absolute atomic E-state index is 0.509. The largest absolute Gasteiger partial charge is 0.383 e. The summed E-state index contributed by atoms with van der Waals surface area (Å²) in [5, 5.41) is 3.49. The molecule has 0 aliphatic heterocycles. The molecule has 0 unspecified atom stereocenters. The molecular weight excluding hydrogens is 150 g/mol. The molecule has 0 aliphatic rings. The van der Waals surface area contributed by atoms with Gasteiger partial charge in [-0.05, 0) is 12.3 Å². The zero-order valence-electron chi connectivity index (χ0n) is 9.05. The molecule has 0 spiro atoms. The molecule has 2 nitrogen and oxygen atoms in total. The van der Waals surface area contributed by atoms with Crippen LogP contribution in [0.25, 0.3) is 0 Å². The third-order valence-corrected chi connectivity index (χ3v) is 1.69. The van der Waals surface area contributed by atoms with Crippen molar-refractivity contribution in [1.82, 2.24) is 5.32 Å². The van der Waals surface area contributed by atoms with Crippen molar-refractivity contribution in [3.63, 3.8) is 0 Å². The third-order valence-electron chi connectivity index (χ3n) is 1.69. The zero-order chi connectivity index (χ0) is 9.56. The lowest BCUT2D eigenvalue weighted by Gasteiger charge is -2.22. The van der Waals surface area contributed by atoms with Crippen LogP contribution < -0.4 is 5.32 Å². The maximum Gasteiger partial charge on any atom is 0.0616 e. The normalized spacial score (nSPS) is 14.2. The molecule has 0 aromatic carbocycles. The Balaban J connectivity index is 3.69. The number of hydrogen-bond acceptors (Lipinski definition) is 2. The zero-order valence-corrected chi connectivity index (χ0v) is 9.05. The molecular formula is C10H23NO. The summed E-state index contributed by atoms with van der Waals surface area (Å²) in [5.74, 6) is 0.733. The van der Waals surface area contributed by atoms with Crippen molar-refractivity contribution in [3.8, 4) is 0 Å². The Morgan fingerprint density at radius 2 is 1.75 bits per heavy atom. The SMILES string of the molecule is COC[C@H](CC(C)C)NC(C)C. The number of hydrogen-bond donors (Lipinski definition) is 1. The van der Waals surface area contributed by atoms with Gasteiger partial charge in [0.25, 0.3) is 0 Å². The molecule has 0 radical (unpaired) electrons. The molecule has 0 fully saturated rings. The van der Waals surface area contributed by atoms with E-state index in [2.05, 4.69) is 33.0 Å². The molecule has 0 aliphatic carbocycles.